The smallest absolute Gasteiger partial charge is 0.316 e. The second-order valence-electron chi connectivity index (χ2n) is 6.49. The van der Waals surface area contributed by atoms with Crippen molar-refractivity contribution in [3.05, 3.63) is 78.3 Å². The number of rotatable bonds is 4. The van der Waals surface area contributed by atoms with Crippen LogP contribution in [0.2, 0.25) is 10.0 Å². The Bertz CT molecular complexity index is 1180. The highest BCUT2D eigenvalue weighted by Crippen LogP contribution is 2.30. The average Bonchev–Trinajstić information content (AvgIpc) is 2.67. The maximum atomic E-state index is 13.0. The number of aromatic nitrogens is 2. The molecule has 0 aliphatic rings. The summed E-state index contributed by atoms with van der Waals surface area (Å²) < 4.78 is 1.38. The van der Waals surface area contributed by atoms with Crippen LogP contribution in [0.25, 0.3) is 11.0 Å². The molecule has 0 saturated carbocycles. The van der Waals surface area contributed by atoms with E-state index < -0.39 is 11.1 Å². The summed E-state index contributed by atoms with van der Waals surface area (Å²) >= 11 is 12.2. The molecule has 1 heterocycles. The molecule has 28 heavy (non-hydrogen) atoms. The summed E-state index contributed by atoms with van der Waals surface area (Å²) in [6.45, 7) is 4.01. The van der Waals surface area contributed by atoms with E-state index in [1.165, 1.54) is 4.57 Å². The fraction of sp³-hybridized carbons (Fsp3) is 0.250. The van der Waals surface area contributed by atoms with Crippen LogP contribution >= 0.6 is 23.2 Å². The van der Waals surface area contributed by atoms with Gasteiger partial charge in [-0.05, 0) is 49.7 Å². The third kappa shape index (κ3) is 3.57. The van der Waals surface area contributed by atoms with Gasteiger partial charge in [-0.25, -0.2) is 0 Å². The van der Waals surface area contributed by atoms with Crippen LogP contribution < -0.4 is 11.1 Å². The topological polar surface area (TPSA) is 75.2 Å². The predicted octanol–water partition coefficient (Wildman–Crippen LogP) is 3.85. The van der Waals surface area contributed by atoms with E-state index in [0.29, 0.717) is 33.2 Å². The van der Waals surface area contributed by atoms with Crippen LogP contribution in [0.1, 0.15) is 35.8 Å². The SMILES string of the molecule is CCn1c(=O)c(=O)[nH]c2cc(C(=O)N(C)C(C)c3ccc(Cl)cc3Cl)ccc21. The zero-order valence-electron chi connectivity index (χ0n) is 15.6. The first-order valence-electron chi connectivity index (χ1n) is 8.73. The minimum Gasteiger partial charge on any atom is -0.335 e. The van der Waals surface area contributed by atoms with Crippen molar-refractivity contribution < 1.29 is 4.79 Å². The maximum Gasteiger partial charge on any atom is 0.316 e. The maximum absolute atomic E-state index is 13.0. The Balaban J connectivity index is 1.99. The van der Waals surface area contributed by atoms with Crippen molar-refractivity contribution in [3.63, 3.8) is 0 Å². The number of aryl methyl sites for hydroxylation is 1. The van der Waals surface area contributed by atoms with E-state index in [9.17, 15) is 14.4 Å². The molecule has 146 valence electrons. The number of aromatic amines is 1. The number of hydrogen-bond acceptors (Lipinski definition) is 3. The molecule has 1 N–H and O–H groups in total. The lowest BCUT2D eigenvalue weighted by Gasteiger charge is -2.26. The Kier molecular flexibility index (Phi) is 5.63. The van der Waals surface area contributed by atoms with E-state index in [4.69, 9.17) is 23.2 Å². The standard InChI is InChI=1S/C20H19Cl2N3O3/c1-4-25-17-8-5-12(9-16(17)23-18(26)20(25)28)19(27)24(3)11(2)14-7-6-13(21)10-15(14)22/h5-11H,4H2,1-3H3,(H,23,26). The van der Waals surface area contributed by atoms with Gasteiger partial charge >= 0.3 is 11.1 Å². The zero-order chi connectivity index (χ0) is 20.6. The van der Waals surface area contributed by atoms with Gasteiger partial charge in [0.25, 0.3) is 5.91 Å². The quantitative estimate of drug-likeness (QED) is 0.652. The van der Waals surface area contributed by atoms with Gasteiger partial charge in [0.15, 0.2) is 0 Å². The van der Waals surface area contributed by atoms with Gasteiger partial charge in [0, 0.05) is 29.2 Å². The monoisotopic (exact) mass is 419 g/mol. The lowest BCUT2D eigenvalue weighted by Crippen LogP contribution is -2.36. The normalized spacial score (nSPS) is 12.2. The van der Waals surface area contributed by atoms with Gasteiger partial charge in [-0.2, -0.15) is 0 Å². The van der Waals surface area contributed by atoms with Crippen LogP contribution in [0.15, 0.2) is 46.0 Å². The summed E-state index contributed by atoms with van der Waals surface area (Å²) in [6.07, 6.45) is 0. The van der Waals surface area contributed by atoms with E-state index >= 15 is 0 Å². The van der Waals surface area contributed by atoms with Crippen molar-refractivity contribution in [1.82, 2.24) is 14.5 Å². The molecule has 0 bridgehead atoms. The lowest BCUT2D eigenvalue weighted by atomic mass is 10.1. The molecule has 0 spiro atoms. The van der Waals surface area contributed by atoms with Crippen molar-refractivity contribution in [3.8, 4) is 0 Å². The molecule has 8 heteroatoms. The molecule has 1 amide bonds. The van der Waals surface area contributed by atoms with Gasteiger partial charge in [0.1, 0.15) is 0 Å². The predicted molar refractivity (Wildman–Crippen MR) is 111 cm³/mol. The first kappa shape index (κ1) is 20.2. The highest BCUT2D eigenvalue weighted by molar-refractivity contribution is 6.35. The number of carbonyl (C=O) groups excluding carboxylic acids is 1. The van der Waals surface area contributed by atoms with E-state index in [0.717, 1.165) is 5.56 Å². The Morgan fingerprint density at radius 3 is 2.54 bits per heavy atom. The van der Waals surface area contributed by atoms with Crippen molar-refractivity contribution in [2.45, 2.75) is 26.4 Å². The first-order chi connectivity index (χ1) is 13.2. The molecule has 2 aromatic carbocycles. The third-order valence-electron chi connectivity index (χ3n) is 4.85. The number of fused-ring (bicyclic) bond motifs is 1. The summed E-state index contributed by atoms with van der Waals surface area (Å²) in [6, 6.07) is 9.74. The molecule has 1 atom stereocenters. The Hall–Kier alpha value is -2.57. The van der Waals surface area contributed by atoms with Gasteiger partial charge < -0.3 is 14.5 Å². The van der Waals surface area contributed by atoms with Crippen LogP contribution in [0.5, 0.6) is 0 Å². The molecule has 3 aromatic rings. The van der Waals surface area contributed by atoms with Crippen molar-refractivity contribution in [2.24, 2.45) is 0 Å². The molecule has 6 nitrogen and oxygen atoms in total. The fourth-order valence-electron chi connectivity index (χ4n) is 3.15. The Morgan fingerprint density at radius 2 is 1.89 bits per heavy atom. The molecule has 0 radical (unpaired) electrons. The van der Waals surface area contributed by atoms with Gasteiger partial charge in [0.2, 0.25) is 0 Å². The minimum atomic E-state index is -0.714. The van der Waals surface area contributed by atoms with Gasteiger partial charge in [-0.15, -0.1) is 0 Å². The molecular formula is C20H19Cl2N3O3. The van der Waals surface area contributed by atoms with Gasteiger partial charge in [-0.3, -0.25) is 14.4 Å². The van der Waals surface area contributed by atoms with E-state index in [1.54, 1.807) is 55.3 Å². The first-order valence-corrected chi connectivity index (χ1v) is 9.49. The average molecular weight is 420 g/mol. The number of H-pyrrole nitrogens is 1. The number of nitrogens with one attached hydrogen (secondary N) is 1. The fourth-order valence-corrected chi connectivity index (χ4v) is 3.72. The number of benzene rings is 2. The van der Waals surface area contributed by atoms with E-state index in [2.05, 4.69) is 4.98 Å². The molecule has 0 aliphatic heterocycles. The second-order valence-corrected chi connectivity index (χ2v) is 7.34. The van der Waals surface area contributed by atoms with Crippen LogP contribution in [0, 0.1) is 0 Å². The molecule has 0 aliphatic carbocycles. The molecule has 0 fully saturated rings. The summed E-state index contributed by atoms with van der Waals surface area (Å²) in [5.74, 6) is -0.240. The van der Waals surface area contributed by atoms with Gasteiger partial charge in [0.05, 0.1) is 17.1 Å². The summed E-state index contributed by atoms with van der Waals surface area (Å²) in [5.41, 5.74) is 0.841. The number of carbonyl (C=O) groups is 1. The second kappa shape index (κ2) is 7.81. The number of hydrogen-bond donors (Lipinski definition) is 1. The molecule has 1 unspecified atom stereocenters. The van der Waals surface area contributed by atoms with Crippen LogP contribution in [0.4, 0.5) is 0 Å². The van der Waals surface area contributed by atoms with E-state index in [-0.39, 0.29) is 11.9 Å². The number of amides is 1. The zero-order valence-corrected chi connectivity index (χ0v) is 17.1. The van der Waals surface area contributed by atoms with Crippen molar-refractivity contribution in [1.29, 1.82) is 0 Å². The van der Waals surface area contributed by atoms with Crippen molar-refractivity contribution in [2.75, 3.05) is 7.05 Å². The largest absolute Gasteiger partial charge is 0.335 e. The van der Waals surface area contributed by atoms with E-state index in [1.807, 2.05) is 6.92 Å². The molecule has 1 aromatic heterocycles. The number of halogens is 2. The van der Waals surface area contributed by atoms with Crippen LogP contribution in [0.3, 0.4) is 0 Å². The summed E-state index contributed by atoms with van der Waals surface area (Å²) in [7, 11) is 1.68. The minimum absolute atomic E-state index is 0.240. The molecule has 0 saturated heterocycles. The Labute approximate surface area is 171 Å². The van der Waals surface area contributed by atoms with Crippen LogP contribution in [-0.4, -0.2) is 27.4 Å². The summed E-state index contributed by atoms with van der Waals surface area (Å²) in [4.78, 5) is 40.9. The highest BCUT2D eigenvalue weighted by atomic mass is 35.5. The molecular weight excluding hydrogens is 401 g/mol. The van der Waals surface area contributed by atoms with Crippen molar-refractivity contribution >= 4 is 40.1 Å². The Morgan fingerprint density at radius 1 is 1.18 bits per heavy atom. The lowest BCUT2D eigenvalue weighted by molar-refractivity contribution is 0.0743. The third-order valence-corrected chi connectivity index (χ3v) is 5.41. The number of nitrogens with zero attached hydrogens (tertiary/aromatic N) is 2. The van der Waals surface area contributed by atoms with Crippen LogP contribution in [-0.2, 0) is 6.54 Å². The molecule has 3 rings (SSSR count). The van der Waals surface area contributed by atoms with Gasteiger partial charge in [-0.1, -0.05) is 29.3 Å². The highest BCUT2D eigenvalue weighted by Gasteiger charge is 2.21. The summed E-state index contributed by atoms with van der Waals surface area (Å²) in [5, 5.41) is 1.00.